The topological polar surface area (TPSA) is 53.3 Å². The van der Waals surface area contributed by atoms with Gasteiger partial charge in [-0.05, 0) is 39.0 Å². The summed E-state index contributed by atoms with van der Waals surface area (Å²) in [5, 5.41) is 8.63. The summed E-state index contributed by atoms with van der Waals surface area (Å²) in [6.45, 7) is 5.19. The average molecular weight is 250 g/mol. The molecule has 1 rings (SSSR count). The number of hydrogen-bond donors (Lipinski definition) is 0. The molecule has 0 aliphatic heterocycles. The van der Waals surface area contributed by atoms with E-state index in [0.717, 1.165) is 11.0 Å². The second kappa shape index (κ2) is 5.05. The predicted octanol–water partition coefficient (Wildman–Crippen LogP) is 3.07. The number of ether oxygens (including phenoxy) is 1. The van der Waals surface area contributed by atoms with Gasteiger partial charge in [0.25, 0.3) is 0 Å². The van der Waals surface area contributed by atoms with Crippen molar-refractivity contribution < 1.29 is 13.9 Å². The van der Waals surface area contributed by atoms with E-state index in [1.807, 2.05) is 6.07 Å². The first-order valence-electron chi connectivity index (χ1n) is 5.41. The highest BCUT2D eigenvalue weighted by Gasteiger charge is 2.22. The van der Waals surface area contributed by atoms with Crippen LogP contribution in [0.4, 0.5) is 14.9 Å². The van der Waals surface area contributed by atoms with Crippen molar-refractivity contribution in [2.75, 3.05) is 11.9 Å². The molecule has 4 nitrogen and oxygen atoms in total. The molecule has 0 unspecified atom stereocenters. The zero-order valence-electron chi connectivity index (χ0n) is 10.8. The molecule has 18 heavy (non-hydrogen) atoms. The van der Waals surface area contributed by atoms with Gasteiger partial charge in [0, 0.05) is 7.05 Å². The van der Waals surface area contributed by atoms with Crippen molar-refractivity contribution in [1.82, 2.24) is 0 Å². The van der Waals surface area contributed by atoms with E-state index in [2.05, 4.69) is 0 Å². The molecule has 1 aromatic rings. The maximum atomic E-state index is 13.7. The Morgan fingerprint density at radius 1 is 1.44 bits per heavy atom. The van der Waals surface area contributed by atoms with Gasteiger partial charge in [-0.1, -0.05) is 0 Å². The van der Waals surface area contributed by atoms with Gasteiger partial charge in [0.05, 0.1) is 17.3 Å². The van der Waals surface area contributed by atoms with Crippen LogP contribution in [0.1, 0.15) is 26.3 Å². The van der Waals surface area contributed by atoms with E-state index in [4.69, 9.17) is 10.00 Å². The molecule has 0 saturated carbocycles. The smallest absolute Gasteiger partial charge is 0.414 e. The molecule has 0 atom stereocenters. The number of carbonyl (C=O) groups is 1. The molecule has 0 N–H and O–H groups in total. The van der Waals surface area contributed by atoms with E-state index >= 15 is 0 Å². The van der Waals surface area contributed by atoms with Gasteiger partial charge < -0.3 is 4.74 Å². The normalized spacial score (nSPS) is 10.7. The lowest BCUT2D eigenvalue weighted by molar-refractivity contribution is 0.0588. The Kier molecular flexibility index (Phi) is 3.92. The summed E-state index contributed by atoms with van der Waals surface area (Å²) in [6.07, 6.45) is -0.647. The number of rotatable bonds is 1. The first-order chi connectivity index (χ1) is 8.24. The molecule has 96 valence electrons. The molecule has 0 aliphatic carbocycles. The molecule has 0 bridgehead atoms. The van der Waals surface area contributed by atoms with Gasteiger partial charge in [0.1, 0.15) is 11.4 Å². The lowest BCUT2D eigenvalue weighted by Crippen LogP contribution is -2.34. The molecular weight excluding hydrogens is 235 g/mol. The third-order valence-electron chi connectivity index (χ3n) is 2.11. The standard InChI is InChI=1S/C13H15FN2O2/c1-13(2,3)18-12(17)16(4)11-6-5-9(8-15)7-10(11)14/h5-7H,1-4H3. The van der Waals surface area contributed by atoms with Gasteiger partial charge in [-0.3, -0.25) is 4.90 Å². The first-order valence-corrected chi connectivity index (χ1v) is 5.41. The van der Waals surface area contributed by atoms with Crippen molar-refractivity contribution >= 4 is 11.8 Å². The molecule has 0 spiro atoms. The quantitative estimate of drug-likeness (QED) is 0.769. The van der Waals surface area contributed by atoms with E-state index in [-0.39, 0.29) is 11.3 Å². The summed E-state index contributed by atoms with van der Waals surface area (Å²) in [6, 6.07) is 5.72. The molecule has 1 amide bonds. The number of halogens is 1. The Bertz CT molecular complexity index is 501. The summed E-state index contributed by atoms with van der Waals surface area (Å²) in [5.74, 6) is -0.637. The second-order valence-electron chi connectivity index (χ2n) is 4.82. The highest BCUT2D eigenvalue weighted by molar-refractivity contribution is 5.87. The zero-order valence-corrected chi connectivity index (χ0v) is 10.8. The van der Waals surface area contributed by atoms with Crippen LogP contribution >= 0.6 is 0 Å². The Labute approximate surface area is 106 Å². The van der Waals surface area contributed by atoms with Crippen LogP contribution in [0.3, 0.4) is 0 Å². The molecule has 0 aliphatic rings. The van der Waals surface area contributed by atoms with Crippen LogP contribution in [0.2, 0.25) is 0 Å². The van der Waals surface area contributed by atoms with Crippen LogP contribution < -0.4 is 4.90 Å². The summed E-state index contributed by atoms with van der Waals surface area (Å²) in [7, 11) is 1.42. The Balaban J connectivity index is 2.94. The van der Waals surface area contributed by atoms with Crippen LogP contribution in [-0.2, 0) is 4.74 Å². The largest absolute Gasteiger partial charge is 0.443 e. The molecule has 0 saturated heterocycles. The van der Waals surface area contributed by atoms with Gasteiger partial charge in [0.2, 0.25) is 0 Å². The van der Waals surface area contributed by atoms with Crippen molar-refractivity contribution in [3.8, 4) is 6.07 Å². The van der Waals surface area contributed by atoms with Crippen LogP contribution in [0.5, 0.6) is 0 Å². The van der Waals surface area contributed by atoms with Gasteiger partial charge in [-0.25, -0.2) is 9.18 Å². The maximum absolute atomic E-state index is 13.7. The predicted molar refractivity (Wildman–Crippen MR) is 65.8 cm³/mol. The Hall–Kier alpha value is -2.09. The number of carbonyl (C=O) groups excluding carboxylic acids is 1. The van der Waals surface area contributed by atoms with Crippen LogP contribution in [-0.4, -0.2) is 18.7 Å². The molecule has 0 fully saturated rings. The number of benzene rings is 1. The summed E-state index contributed by atoms with van der Waals surface area (Å²) < 4.78 is 18.8. The van der Waals surface area contributed by atoms with E-state index in [0.29, 0.717) is 0 Å². The first kappa shape index (κ1) is 14.0. The van der Waals surface area contributed by atoms with Crippen LogP contribution in [0.15, 0.2) is 18.2 Å². The van der Waals surface area contributed by atoms with Crippen molar-refractivity contribution in [1.29, 1.82) is 5.26 Å². The molecule has 0 aromatic heterocycles. The van der Waals surface area contributed by atoms with Crippen molar-refractivity contribution in [3.05, 3.63) is 29.6 Å². The van der Waals surface area contributed by atoms with E-state index in [1.165, 1.54) is 19.2 Å². The Morgan fingerprint density at radius 3 is 2.50 bits per heavy atom. The van der Waals surface area contributed by atoms with Gasteiger partial charge >= 0.3 is 6.09 Å². The monoisotopic (exact) mass is 250 g/mol. The van der Waals surface area contributed by atoms with Gasteiger partial charge in [0.15, 0.2) is 0 Å². The van der Waals surface area contributed by atoms with Crippen LogP contribution in [0.25, 0.3) is 0 Å². The summed E-state index contributed by atoms with van der Waals surface area (Å²) >= 11 is 0. The number of anilines is 1. The van der Waals surface area contributed by atoms with E-state index < -0.39 is 17.5 Å². The molecule has 1 aromatic carbocycles. The number of hydrogen-bond acceptors (Lipinski definition) is 3. The minimum atomic E-state index is -0.647. The van der Waals surface area contributed by atoms with E-state index in [1.54, 1.807) is 20.8 Å². The highest BCUT2D eigenvalue weighted by atomic mass is 19.1. The summed E-state index contributed by atoms with van der Waals surface area (Å²) in [5.41, 5.74) is -0.369. The minimum Gasteiger partial charge on any atom is -0.443 e. The van der Waals surface area contributed by atoms with Crippen molar-refractivity contribution in [2.24, 2.45) is 0 Å². The third-order valence-corrected chi connectivity index (χ3v) is 2.11. The summed E-state index contributed by atoms with van der Waals surface area (Å²) in [4.78, 5) is 12.8. The number of nitriles is 1. The maximum Gasteiger partial charge on any atom is 0.414 e. The fraction of sp³-hybridized carbons (Fsp3) is 0.385. The lowest BCUT2D eigenvalue weighted by Gasteiger charge is -2.24. The van der Waals surface area contributed by atoms with Gasteiger partial charge in [-0.15, -0.1) is 0 Å². The molecular formula is C13H15FN2O2. The molecule has 0 heterocycles. The molecule has 0 radical (unpaired) electrons. The zero-order chi connectivity index (χ0) is 13.9. The SMILES string of the molecule is CN(C(=O)OC(C)(C)C)c1ccc(C#N)cc1F. The lowest BCUT2D eigenvalue weighted by atomic mass is 10.2. The minimum absolute atomic E-state index is 0.0725. The third kappa shape index (κ3) is 3.45. The second-order valence-corrected chi connectivity index (χ2v) is 4.82. The van der Waals surface area contributed by atoms with Crippen LogP contribution in [0, 0.1) is 17.1 Å². The number of nitrogens with zero attached hydrogens (tertiary/aromatic N) is 2. The van der Waals surface area contributed by atoms with Gasteiger partial charge in [-0.2, -0.15) is 5.26 Å². The van der Waals surface area contributed by atoms with Crippen molar-refractivity contribution in [2.45, 2.75) is 26.4 Å². The Morgan fingerprint density at radius 2 is 2.06 bits per heavy atom. The number of amides is 1. The average Bonchev–Trinajstić information content (AvgIpc) is 2.25. The highest BCUT2D eigenvalue weighted by Crippen LogP contribution is 2.21. The molecule has 5 heteroatoms. The van der Waals surface area contributed by atoms with Crippen molar-refractivity contribution in [3.63, 3.8) is 0 Å². The fourth-order valence-corrected chi connectivity index (χ4v) is 1.28. The van der Waals surface area contributed by atoms with E-state index in [9.17, 15) is 9.18 Å². The fourth-order valence-electron chi connectivity index (χ4n) is 1.28.